The zero-order valence-electron chi connectivity index (χ0n) is 14.4. The normalized spacial score (nSPS) is 10.2. The van der Waals surface area contributed by atoms with E-state index in [-0.39, 0.29) is 19.0 Å². The number of benzene rings is 2. The quantitative estimate of drug-likeness (QED) is 0.413. The molecule has 1 amide bonds. The van der Waals surface area contributed by atoms with E-state index in [1.807, 2.05) is 6.92 Å². The fourth-order valence-corrected chi connectivity index (χ4v) is 2.87. The van der Waals surface area contributed by atoms with E-state index in [9.17, 15) is 14.0 Å². The molecule has 7 heteroatoms. The molecule has 0 aromatic heterocycles. The number of para-hydroxylation sites is 1. The molecule has 138 valence electrons. The highest BCUT2D eigenvalue weighted by atomic mass is 32.2. The Bertz CT molecular complexity index is 754. The number of carbonyl (C=O) groups is 2. The molecule has 0 radical (unpaired) electrons. The first-order valence-corrected chi connectivity index (χ1v) is 9.13. The first kappa shape index (κ1) is 19.8. The summed E-state index contributed by atoms with van der Waals surface area (Å²) >= 11 is 1.26. The molecule has 0 bridgehead atoms. The minimum atomic E-state index is -0.554. The molecule has 0 saturated heterocycles. The Morgan fingerprint density at radius 2 is 1.85 bits per heavy atom. The lowest BCUT2D eigenvalue weighted by atomic mass is 10.2. The Morgan fingerprint density at radius 3 is 2.62 bits per heavy atom. The fraction of sp³-hybridized carbons (Fsp3) is 0.263. The van der Waals surface area contributed by atoms with E-state index in [0.717, 1.165) is 0 Å². The van der Waals surface area contributed by atoms with Gasteiger partial charge in [0.25, 0.3) is 5.91 Å². The maximum absolute atomic E-state index is 13.4. The Labute approximate surface area is 155 Å². The van der Waals surface area contributed by atoms with Crippen LogP contribution in [-0.2, 0) is 9.53 Å². The third-order valence-electron chi connectivity index (χ3n) is 3.27. The molecule has 0 atom stereocenters. The summed E-state index contributed by atoms with van der Waals surface area (Å²) in [7, 11) is 0. The van der Waals surface area contributed by atoms with E-state index >= 15 is 0 Å². The van der Waals surface area contributed by atoms with Crippen molar-refractivity contribution < 1.29 is 23.5 Å². The van der Waals surface area contributed by atoms with Gasteiger partial charge in [-0.3, -0.25) is 9.59 Å². The highest BCUT2D eigenvalue weighted by Gasteiger charge is 2.13. The molecular formula is C19H20FNO4S. The third-order valence-corrected chi connectivity index (χ3v) is 4.28. The van der Waals surface area contributed by atoms with Crippen molar-refractivity contribution in [2.45, 2.75) is 11.8 Å². The fourth-order valence-electron chi connectivity index (χ4n) is 2.10. The number of hydrogen-bond acceptors (Lipinski definition) is 5. The molecule has 0 spiro atoms. The molecule has 2 rings (SSSR count). The molecule has 0 aliphatic carbocycles. The van der Waals surface area contributed by atoms with Crippen LogP contribution in [0, 0.1) is 5.82 Å². The first-order valence-electron chi connectivity index (χ1n) is 8.14. The smallest absolute Gasteiger partial charge is 0.325 e. The van der Waals surface area contributed by atoms with Gasteiger partial charge >= 0.3 is 5.97 Å². The molecule has 2 aromatic carbocycles. The zero-order chi connectivity index (χ0) is 18.8. The number of hydrogen-bond donors (Lipinski definition) is 1. The minimum Gasteiger partial charge on any atom is -0.493 e. The Balaban J connectivity index is 1.72. The van der Waals surface area contributed by atoms with E-state index in [2.05, 4.69) is 5.32 Å². The molecule has 0 heterocycles. The molecule has 26 heavy (non-hydrogen) atoms. The van der Waals surface area contributed by atoms with Crippen molar-refractivity contribution in [3.63, 3.8) is 0 Å². The van der Waals surface area contributed by atoms with Crippen molar-refractivity contribution in [3.05, 3.63) is 59.9 Å². The van der Waals surface area contributed by atoms with E-state index in [1.54, 1.807) is 42.5 Å². The van der Waals surface area contributed by atoms with Gasteiger partial charge in [0.2, 0.25) is 0 Å². The van der Waals surface area contributed by atoms with E-state index < -0.39 is 11.9 Å². The molecule has 2 aromatic rings. The van der Waals surface area contributed by atoms with Gasteiger partial charge in [-0.2, -0.15) is 0 Å². The van der Waals surface area contributed by atoms with Crippen molar-refractivity contribution >= 4 is 23.6 Å². The van der Waals surface area contributed by atoms with Crippen LogP contribution in [0.4, 0.5) is 4.39 Å². The van der Waals surface area contributed by atoms with E-state index in [1.165, 1.54) is 17.8 Å². The maximum atomic E-state index is 13.4. The van der Waals surface area contributed by atoms with Crippen LogP contribution in [0.15, 0.2) is 53.4 Å². The lowest BCUT2D eigenvalue weighted by Gasteiger charge is -2.10. The standard InChI is InChI=1S/C19H20FNO4S/c1-2-24-16-9-5-3-7-14(16)19(23)21-13-18(22)25-11-12-26-17-10-6-4-8-15(17)20/h3-10H,2,11-13H2,1H3,(H,21,23). The summed E-state index contributed by atoms with van der Waals surface area (Å²) in [5.74, 6) is -0.382. The van der Waals surface area contributed by atoms with Crippen LogP contribution in [0.5, 0.6) is 5.75 Å². The molecule has 0 aliphatic heterocycles. The molecular weight excluding hydrogens is 357 g/mol. The monoisotopic (exact) mass is 377 g/mol. The Kier molecular flexibility index (Phi) is 7.95. The number of amides is 1. The van der Waals surface area contributed by atoms with Gasteiger partial charge in [0.1, 0.15) is 24.7 Å². The number of carbonyl (C=O) groups excluding carboxylic acids is 2. The van der Waals surface area contributed by atoms with Gasteiger partial charge in [-0.15, -0.1) is 11.8 Å². The van der Waals surface area contributed by atoms with Gasteiger partial charge in [0.05, 0.1) is 12.2 Å². The molecule has 0 fully saturated rings. The van der Waals surface area contributed by atoms with Crippen LogP contribution >= 0.6 is 11.8 Å². The van der Waals surface area contributed by atoms with Gasteiger partial charge < -0.3 is 14.8 Å². The highest BCUT2D eigenvalue weighted by molar-refractivity contribution is 7.99. The van der Waals surface area contributed by atoms with E-state index in [0.29, 0.717) is 28.6 Å². The number of rotatable bonds is 9. The largest absolute Gasteiger partial charge is 0.493 e. The molecule has 5 nitrogen and oxygen atoms in total. The minimum absolute atomic E-state index is 0.128. The number of thioether (sulfide) groups is 1. The van der Waals surface area contributed by atoms with Crippen LogP contribution in [0.3, 0.4) is 0 Å². The summed E-state index contributed by atoms with van der Waals surface area (Å²) in [6.45, 7) is 2.14. The highest BCUT2D eigenvalue weighted by Crippen LogP contribution is 2.20. The van der Waals surface area contributed by atoms with Gasteiger partial charge in [-0.25, -0.2) is 4.39 Å². The van der Waals surface area contributed by atoms with Crippen LogP contribution in [-0.4, -0.2) is 37.4 Å². The van der Waals surface area contributed by atoms with Crippen molar-refractivity contribution in [1.82, 2.24) is 5.32 Å². The maximum Gasteiger partial charge on any atom is 0.325 e. The second-order valence-electron chi connectivity index (χ2n) is 5.11. The average Bonchev–Trinajstić information content (AvgIpc) is 2.65. The van der Waals surface area contributed by atoms with Gasteiger partial charge in [0.15, 0.2) is 0 Å². The summed E-state index contributed by atoms with van der Waals surface area (Å²) < 4.78 is 23.9. The lowest BCUT2D eigenvalue weighted by Crippen LogP contribution is -2.31. The van der Waals surface area contributed by atoms with Crippen LogP contribution in [0.25, 0.3) is 0 Å². The predicted octanol–water partition coefficient (Wildman–Crippen LogP) is 3.29. The van der Waals surface area contributed by atoms with Gasteiger partial charge in [-0.1, -0.05) is 24.3 Å². The summed E-state index contributed by atoms with van der Waals surface area (Å²) in [5, 5.41) is 2.50. The predicted molar refractivity (Wildman–Crippen MR) is 98.0 cm³/mol. The van der Waals surface area contributed by atoms with Crippen LogP contribution in [0.2, 0.25) is 0 Å². The number of ether oxygens (including phenoxy) is 2. The Hall–Kier alpha value is -2.54. The first-order chi connectivity index (χ1) is 12.6. The number of halogens is 1. The van der Waals surface area contributed by atoms with Crippen molar-refractivity contribution in [2.75, 3.05) is 25.5 Å². The third kappa shape index (κ3) is 6.07. The number of esters is 1. The second-order valence-corrected chi connectivity index (χ2v) is 6.25. The summed E-state index contributed by atoms with van der Waals surface area (Å²) in [6, 6.07) is 13.2. The zero-order valence-corrected chi connectivity index (χ0v) is 15.2. The van der Waals surface area contributed by atoms with Crippen LogP contribution in [0.1, 0.15) is 17.3 Å². The molecule has 0 unspecified atom stereocenters. The van der Waals surface area contributed by atoms with Crippen LogP contribution < -0.4 is 10.1 Å². The van der Waals surface area contributed by atoms with E-state index in [4.69, 9.17) is 9.47 Å². The molecule has 0 aliphatic rings. The lowest BCUT2D eigenvalue weighted by molar-refractivity contribution is -0.141. The average molecular weight is 377 g/mol. The Morgan fingerprint density at radius 1 is 1.12 bits per heavy atom. The van der Waals surface area contributed by atoms with Crippen molar-refractivity contribution in [2.24, 2.45) is 0 Å². The topological polar surface area (TPSA) is 64.6 Å². The summed E-state index contributed by atoms with van der Waals surface area (Å²) in [6.07, 6.45) is 0. The number of nitrogens with one attached hydrogen (secondary N) is 1. The van der Waals surface area contributed by atoms with Crippen molar-refractivity contribution in [3.8, 4) is 5.75 Å². The SMILES string of the molecule is CCOc1ccccc1C(=O)NCC(=O)OCCSc1ccccc1F. The van der Waals surface area contributed by atoms with Gasteiger partial charge in [0, 0.05) is 10.6 Å². The molecule has 1 N–H and O–H groups in total. The van der Waals surface area contributed by atoms with Crippen molar-refractivity contribution in [1.29, 1.82) is 0 Å². The van der Waals surface area contributed by atoms with Gasteiger partial charge in [-0.05, 0) is 31.2 Å². The second kappa shape index (κ2) is 10.5. The summed E-state index contributed by atoms with van der Waals surface area (Å²) in [4.78, 5) is 24.4. The molecule has 0 saturated carbocycles. The summed E-state index contributed by atoms with van der Waals surface area (Å²) in [5.41, 5.74) is 0.359.